The van der Waals surface area contributed by atoms with Gasteiger partial charge in [0, 0.05) is 27.9 Å². The molecule has 0 saturated heterocycles. The van der Waals surface area contributed by atoms with E-state index < -0.39 is 15.6 Å². The van der Waals surface area contributed by atoms with E-state index in [4.69, 9.17) is 16.3 Å². The number of aromatic nitrogens is 1. The molecule has 0 aliphatic carbocycles. The molecule has 0 saturated carbocycles. The second-order valence-corrected chi connectivity index (χ2v) is 11.2. The van der Waals surface area contributed by atoms with Gasteiger partial charge in [0.15, 0.2) is 15.6 Å². The van der Waals surface area contributed by atoms with Crippen molar-refractivity contribution in [2.24, 2.45) is 4.99 Å². The topological polar surface area (TPSA) is 92.1 Å². The summed E-state index contributed by atoms with van der Waals surface area (Å²) in [7, 11) is -3.33. The number of aliphatic imine (C=N–C) groups is 1. The average Bonchev–Trinajstić information content (AvgIpc) is 3.21. The summed E-state index contributed by atoms with van der Waals surface area (Å²) < 4.78 is 29.6. The Bertz CT molecular complexity index is 1540. The molecule has 0 fully saturated rings. The van der Waals surface area contributed by atoms with Gasteiger partial charge in [0.05, 0.1) is 35.9 Å². The van der Waals surface area contributed by atoms with E-state index in [2.05, 4.69) is 9.98 Å². The van der Waals surface area contributed by atoms with Crippen LogP contribution in [0.15, 0.2) is 94.8 Å². The van der Waals surface area contributed by atoms with Crippen molar-refractivity contribution in [3.8, 4) is 0 Å². The summed E-state index contributed by atoms with van der Waals surface area (Å²) in [6, 6.07) is 25.4. The summed E-state index contributed by atoms with van der Waals surface area (Å²) in [4.78, 5) is 11.3. The number of fused-ring (bicyclic) bond motifs is 1. The number of pyridine rings is 1. The summed E-state index contributed by atoms with van der Waals surface area (Å²) in [5, 5.41) is 13.0. The highest BCUT2D eigenvalue weighted by atomic mass is 35.5. The van der Waals surface area contributed by atoms with Crippen molar-refractivity contribution < 1.29 is 18.3 Å². The Morgan fingerprint density at radius 1 is 1.00 bits per heavy atom. The minimum atomic E-state index is -3.33. The van der Waals surface area contributed by atoms with Crippen LogP contribution in [0.3, 0.4) is 0 Å². The number of para-hydroxylation sites is 1. The fourth-order valence-corrected chi connectivity index (χ4v) is 4.87. The van der Waals surface area contributed by atoms with E-state index >= 15 is 0 Å². The van der Waals surface area contributed by atoms with E-state index in [1.54, 1.807) is 36.4 Å². The lowest BCUT2D eigenvalue weighted by Gasteiger charge is -2.24. The number of amidine groups is 1. The van der Waals surface area contributed by atoms with Crippen molar-refractivity contribution >= 4 is 43.9 Å². The van der Waals surface area contributed by atoms with Gasteiger partial charge in [0.1, 0.15) is 5.84 Å². The third kappa shape index (κ3) is 5.27. The number of halogens is 1. The van der Waals surface area contributed by atoms with Crippen molar-refractivity contribution in [1.82, 2.24) is 4.98 Å². The lowest BCUT2D eigenvalue weighted by atomic mass is 10.1. The largest absolute Gasteiger partial charge is 0.370 e. The van der Waals surface area contributed by atoms with Crippen LogP contribution in [0.25, 0.3) is 10.9 Å². The minimum absolute atomic E-state index is 0.0451. The molecule has 1 atom stereocenters. The number of rotatable bonds is 7. The van der Waals surface area contributed by atoms with Crippen LogP contribution in [0.5, 0.6) is 0 Å². The van der Waals surface area contributed by atoms with E-state index in [9.17, 15) is 13.5 Å². The summed E-state index contributed by atoms with van der Waals surface area (Å²) in [5.74, 6) is 0.536. The number of nitrogens with zero attached hydrogens (tertiary/aromatic N) is 3. The normalized spacial score (nSPS) is 18.0. The maximum atomic E-state index is 11.9. The van der Waals surface area contributed by atoms with Gasteiger partial charge in [-0.25, -0.2) is 13.4 Å². The van der Waals surface area contributed by atoms with Crippen LogP contribution in [-0.2, 0) is 21.2 Å². The number of hydrogen-bond acceptors (Lipinski definition) is 7. The van der Waals surface area contributed by atoms with Crippen LogP contribution in [-0.4, -0.2) is 49.5 Å². The molecular weight excluding hydrogens is 498 g/mol. The third-order valence-corrected chi connectivity index (χ3v) is 7.28. The molecule has 1 aromatic heterocycles. The highest BCUT2D eigenvalue weighted by molar-refractivity contribution is 7.90. The predicted molar refractivity (Wildman–Crippen MR) is 141 cm³/mol. The number of sulfone groups is 1. The number of hydrogen-bond donors (Lipinski definition) is 1. The number of β-amino-alcohol motifs (C(OH)–C–C–N with tert-alkyl or cyclic N) is 1. The van der Waals surface area contributed by atoms with Crippen LogP contribution in [0.4, 0.5) is 5.69 Å². The molecule has 0 amide bonds. The van der Waals surface area contributed by atoms with Crippen LogP contribution in [0.2, 0.25) is 5.02 Å². The Morgan fingerprint density at radius 3 is 2.44 bits per heavy atom. The molecule has 1 aliphatic heterocycles. The standard InChI is InChI=1S/C27H24ClN3O4S/c1-36(33,34)24-14-12-23(13-15-24)31-17-27(32,30-26(31)20-6-9-21(28)10-7-20)18-35-16-22-11-8-19-4-2-3-5-25(19)29-22/h2-15,32H,16-18H2,1H3. The summed E-state index contributed by atoms with van der Waals surface area (Å²) in [5.41, 5.74) is 1.58. The molecule has 1 unspecified atom stereocenters. The van der Waals surface area contributed by atoms with Crippen LogP contribution in [0, 0.1) is 0 Å². The first-order chi connectivity index (χ1) is 17.2. The first kappa shape index (κ1) is 24.4. The fraction of sp³-hybridized carbons (Fsp3) is 0.185. The van der Waals surface area contributed by atoms with Crippen molar-refractivity contribution in [3.63, 3.8) is 0 Å². The van der Waals surface area contributed by atoms with Crippen LogP contribution >= 0.6 is 11.6 Å². The van der Waals surface area contributed by atoms with Gasteiger partial charge in [-0.05, 0) is 60.7 Å². The van der Waals surface area contributed by atoms with E-state index in [0.717, 1.165) is 22.2 Å². The molecule has 1 N–H and O–H groups in total. The molecule has 3 aromatic carbocycles. The van der Waals surface area contributed by atoms with Gasteiger partial charge in [-0.15, -0.1) is 0 Å². The zero-order chi connectivity index (χ0) is 25.3. The lowest BCUT2D eigenvalue weighted by molar-refractivity contribution is -0.0351. The zero-order valence-corrected chi connectivity index (χ0v) is 21.1. The average molecular weight is 522 g/mol. The van der Waals surface area contributed by atoms with Gasteiger partial charge in [-0.3, -0.25) is 4.98 Å². The maximum absolute atomic E-state index is 11.9. The molecular formula is C27H24ClN3O4S. The highest BCUT2D eigenvalue weighted by Crippen LogP contribution is 2.30. The lowest BCUT2D eigenvalue weighted by Crippen LogP contribution is -2.39. The van der Waals surface area contributed by atoms with Crippen LogP contribution < -0.4 is 4.90 Å². The molecule has 184 valence electrons. The molecule has 4 aromatic rings. The van der Waals surface area contributed by atoms with Crippen molar-refractivity contribution in [1.29, 1.82) is 0 Å². The number of benzene rings is 3. The van der Waals surface area contributed by atoms with Gasteiger partial charge < -0.3 is 14.7 Å². The van der Waals surface area contributed by atoms with Crippen molar-refractivity contribution in [2.45, 2.75) is 17.2 Å². The van der Waals surface area contributed by atoms with Gasteiger partial charge in [0.25, 0.3) is 0 Å². The SMILES string of the molecule is CS(=O)(=O)c1ccc(N2CC(O)(COCc3ccc4ccccc4n3)N=C2c2ccc(Cl)cc2)cc1. The second kappa shape index (κ2) is 9.63. The third-order valence-electron chi connectivity index (χ3n) is 5.90. The first-order valence-electron chi connectivity index (χ1n) is 11.3. The zero-order valence-electron chi connectivity index (χ0n) is 19.5. The number of anilines is 1. The predicted octanol–water partition coefficient (Wildman–Crippen LogP) is 4.46. The molecule has 2 heterocycles. The van der Waals surface area contributed by atoms with Gasteiger partial charge >= 0.3 is 0 Å². The van der Waals surface area contributed by atoms with E-state index in [1.807, 2.05) is 53.4 Å². The highest BCUT2D eigenvalue weighted by Gasteiger charge is 2.39. The second-order valence-electron chi connectivity index (χ2n) is 8.77. The molecule has 0 spiro atoms. The van der Waals surface area contributed by atoms with E-state index in [-0.39, 0.29) is 24.7 Å². The molecule has 5 rings (SSSR count). The van der Waals surface area contributed by atoms with Gasteiger partial charge in [0.2, 0.25) is 0 Å². The Hall–Kier alpha value is -3.30. The van der Waals surface area contributed by atoms with Gasteiger partial charge in [-0.2, -0.15) is 0 Å². The number of aliphatic hydroxyl groups is 1. The molecule has 36 heavy (non-hydrogen) atoms. The summed E-state index contributed by atoms with van der Waals surface area (Å²) in [6.07, 6.45) is 1.17. The van der Waals surface area contributed by atoms with Crippen LogP contribution in [0.1, 0.15) is 11.3 Å². The van der Waals surface area contributed by atoms with E-state index in [1.165, 1.54) is 6.26 Å². The number of ether oxygens (including phenoxy) is 1. The first-order valence-corrected chi connectivity index (χ1v) is 13.6. The Morgan fingerprint density at radius 2 is 1.72 bits per heavy atom. The Kier molecular flexibility index (Phi) is 6.53. The summed E-state index contributed by atoms with van der Waals surface area (Å²) in [6.45, 7) is 0.312. The molecule has 7 nitrogen and oxygen atoms in total. The molecule has 0 bridgehead atoms. The maximum Gasteiger partial charge on any atom is 0.200 e. The Labute approximate surface area is 214 Å². The van der Waals surface area contributed by atoms with Gasteiger partial charge in [-0.1, -0.05) is 35.9 Å². The quantitative estimate of drug-likeness (QED) is 0.386. The molecule has 0 radical (unpaired) electrons. The van der Waals surface area contributed by atoms with Crippen molar-refractivity contribution in [2.75, 3.05) is 24.3 Å². The monoisotopic (exact) mass is 521 g/mol. The van der Waals surface area contributed by atoms with E-state index in [0.29, 0.717) is 16.5 Å². The fourth-order valence-electron chi connectivity index (χ4n) is 4.11. The molecule has 9 heteroatoms. The molecule has 1 aliphatic rings. The van der Waals surface area contributed by atoms with Crippen molar-refractivity contribution in [3.05, 3.63) is 101 Å². The smallest absolute Gasteiger partial charge is 0.200 e. The summed E-state index contributed by atoms with van der Waals surface area (Å²) >= 11 is 6.07. The Balaban J connectivity index is 1.38. The minimum Gasteiger partial charge on any atom is -0.370 e.